The molecule has 2 aliphatic carbocycles. The molecule has 0 bridgehead atoms. The minimum absolute atomic E-state index is 0.0708. The van der Waals surface area contributed by atoms with Crippen molar-refractivity contribution in [1.82, 2.24) is 15.1 Å². The lowest BCUT2D eigenvalue weighted by atomic mass is 9.98. The Bertz CT molecular complexity index is 1230. The van der Waals surface area contributed by atoms with Crippen molar-refractivity contribution in [3.05, 3.63) is 71.5 Å². The number of rotatable bonds is 6. The number of hydrogen-bond donors (Lipinski definition) is 3. The number of aryl methyl sites for hydroxylation is 1. The van der Waals surface area contributed by atoms with Gasteiger partial charge in [-0.1, -0.05) is 48.5 Å². The highest BCUT2D eigenvalue weighted by Crippen LogP contribution is 2.44. The summed E-state index contributed by atoms with van der Waals surface area (Å²) in [5.74, 6) is -1.84. The minimum atomic E-state index is -1.25. The number of hydrogen-bond acceptors (Lipinski definition) is 5. The molecule has 168 valence electrons. The maximum Gasteiger partial charge on any atom is 0.411 e. The third-order valence-corrected chi connectivity index (χ3v) is 6.14. The number of carbonyl (C=O) groups is 3. The molecule has 3 aromatic rings. The number of aliphatic carboxylic acids is 1. The summed E-state index contributed by atoms with van der Waals surface area (Å²) in [6, 6.07) is 16.1. The predicted octanol–water partition coefficient (Wildman–Crippen LogP) is 3.13. The van der Waals surface area contributed by atoms with Crippen LogP contribution in [0.3, 0.4) is 0 Å². The van der Waals surface area contributed by atoms with Gasteiger partial charge in [0.25, 0.3) is 5.91 Å². The summed E-state index contributed by atoms with van der Waals surface area (Å²) in [4.78, 5) is 36.6. The average molecular weight is 446 g/mol. The molecule has 1 fully saturated rings. The molecule has 3 N–H and O–H groups in total. The van der Waals surface area contributed by atoms with Crippen LogP contribution in [-0.4, -0.2) is 45.0 Å². The van der Waals surface area contributed by atoms with Crippen molar-refractivity contribution < 1.29 is 24.2 Å². The van der Waals surface area contributed by atoms with Crippen LogP contribution < -0.4 is 10.6 Å². The zero-order chi connectivity index (χ0) is 23.2. The Morgan fingerprint density at radius 2 is 1.70 bits per heavy atom. The third kappa shape index (κ3) is 3.71. The molecule has 0 radical (unpaired) electrons. The van der Waals surface area contributed by atoms with Crippen LogP contribution in [0.15, 0.2) is 54.7 Å². The van der Waals surface area contributed by atoms with Gasteiger partial charge >= 0.3 is 12.1 Å². The van der Waals surface area contributed by atoms with E-state index in [1.807, 2.05) is 36.4 Å². The Morgan fingerprint density at radius 3 is 2.27 bits per heavy atom. The monoisotopic (exact) mass is 446 g/mol. The smallest absolute Gasteiger partial charge is 0.411 e. The van der Waals surface area contributed by atoms with Crippen LogP contribution >= 0.6 is 0 Å². The maximum absolute atomic E-state index is 12.6. The molecule has 2 aliphatic rings. The van der Waals surface area contributed by atoms with Crippen molar-refractivity contribution in [2.75, 3.05) is 11.9 Å². The van der Waals surface area contributed by atoms with Gasteiger partial charge in [-0.2, -0.15) is 5.10 Å². The van der Waals surface area contributed by atoms with E-state index in [0.29, 0.717) is 12.8 Å². The van der Waals surface area contributed by atoms with E-state index in [0.717, 1.165) is 22.3 Å². The summed E-state index contributed by atoms with van der Waals surface area (Å²) >= 11 is 0. The second kappa shape index (κ2) is 7.77. The Kier molecular flexibility index (Phi) is 4.88. The standard InChI is InChI=1S/C24H22N4O5/c1-28-12-19(20(27-28)21(29)26-24(10-11-24)22(30)31)25-23(32)33-13-18-16-8-4-2-6-14(16)15-7-3-5-9-17(15)18/h2-9,12,18H,10-11,13H2,1H3,(H,25,32)(H,26,29)(H,30,31). The number of ether oxygens (including phenoxy) is 1. The maximum atomic E-state index is 12.6. The normalized spacial score (nSPS) is 15.3. The van der Waals surface area contributed by atoms with Crippen LogP contribution in [0.5, 0.6) is 0 Å². The summed E-state index contributed by atoms with van der Waals surface area (Å²) < 4.78 is 6.90. The number of nitrogens with zero attached hydrogens (tertiary/aromatic N) is 2. The molecular formula is C24H22N4O5. The fourth-order valence-electron chi connectivity index (χ4n) is 4.29. The first-order chi connectivity index (χ1) is 15.9. The highest BCUT2D eigenvalue weighted by Gasteiger charge is 2.52. The number of carboxylic acids is 1. The second-order valence-electron chi connectivity index (χ2n) is 8.36. The molecule has 2 aromatic carbocycles. The molecule has 0 unspecified atom stereocenters. The van der Waals surface area contributed by atoms with Crippen molar-refractivity contribution in [2.45, 2.75) is 24.3 Å². The van der Waals surface area contributed by atoms with E-state index in [4.69, 9.17) is 4.74 Å². The second-order valence-corrected chi connectivity index (χ2v) is 8.36. The van der Waals surface area contributed by atoms with Crippen LogP contribution in [0, 0.1) is 0 Å². The lowest BCUT2D eigenvalue weighted by Crippen LogP contribution is -2.43. The lowest BCUT2D eigenvalue weighted by molar-refractivity contribution is -0.140. The predicted molar refractivity (Wildman–Crippen MR) is 119 cm³/mol. The molecule has 0 atom stereocenters. The van der Waals surface area contributed by atoms with Crippen molar-refractivity contribution in [1.29, 1.82) is 0 Å². The Morgan fingerprint density at radius 1 is 1.09 bits per heavy atom. The molecule has 1 aromatic heterocycles. The van der Waals surface area contributed by atoms with Crippen LogP contribution in [0.2, 0.25) is 0 Å². The van der Waals surface area contributed by atoms with Gasteiger partial charge in [0.1, 0.15) is 12.1 Å². The van der Waals surface area contributed by atoms with Crippen LogP contribution in [-0.2, 0) is 16.6 Å². The summed E-state index contributed by atoms with van der Waals surface area (Å²) in [7, 11) is 1.60. The van der Waals surface area contributed by atoms with Gasteiger partial charge in [0.05, 0.1) is 5.69 Å². The summed E-state index contributed by atoms with van der Waals surface area (Å²) in [6.45, 7) is 0.129. The molecule has 5 rings (SSSR count). The molecule has 0 saturated heterocycles. The van der Waals surface area contributed by atoms with Gasteiger partial charge in [0.15, 0.2) is 5.69 Å². The van der Waals surface area contributed by atoms with Crippen LogP contribution in [0.25, 0.3) is 11.1 Å². The van der Waals surface area contributed by atoms with Gasteiger partial charge < -0.3 is 15.2 Å². The van der Waals surface area contributed by atoms with Gasteiger partial charge in [-0.25, -0.2) is 9.59 Å². The van der Waals surface area contributed by atoms with E-state index in [9.17, 15) is 19.5 Å². The number of aromatic nitrogens is 2. The zero-order valence-corrected chi connectivity index (χ0v) is 17.9. The quantitative estimate of drug-likeness (QED) is 0.535. The van der Waals surface area contributed by atoms with Crippen molar-refractivity contribution in [3.63, 3.8) is 0 Å². The Balaban J connectivity index is 1.28. The molecule has 0 aliphatic heterocycles. The van der Waals surface area contributed by atoms with Crippen LogP contribution in [0.1, 0.15) is 40.4 Å². The molecule has 0 spiro atoms. The van der Waals surface area contributed by atoms with E-state index < -0.39 is 23.5 Å². The summed E-state index contributed by atoms with van der Waals surface area (Å²) in [6.07, 6.45) is 1.46. The highest BCUT2D eigenvalue weighted by molar-refractivity contribution is 6.03. The average Bonchev–Trinajstić information content (AvgIpc) is 3.39. The molecule has 1 heterocycles. The highest BCUT2D eigenvalue weighted by atomic mass is 16.5. The number of carbonyl (C=O) groups excluding carboxylic acids is 2. The van der Waals surface area contributed by atoms with E-state index in [1.54, 1.807) is 7.05 Å². The van der Waals surface area contributed by atoms with Crippen LogP contribution in [0.4, 0.5) is 10.5 Å². The first kappa shape index (κ1) is 20.7. The first-order valence-electron chi connectivity index (χ1n) is 10.6. The van der Waals surface area contributed by atoms with Crippen molar-refractivity contribution in [3.8, 4) is 11.1 Å². The van der Waals surface area contributed by atoms with Gasteiger partial charge in [-0.3, -0.25) is 14.8 Å². The first-order valence-corrected chi connectivity index (χ1v) is 10.6. The van der Waals surface area contributed by atoms with E-state index >= 15 is 0 Å². The minimum Gasteiger partial charge on any atom is -0.480 e. The summed E-state index contributed by atoms with van der Waals surface area (Å²) in [5, 5.41) is 18.4. The molecule has 1 saturated carbocycles. The molecule has 9 nitrogen and oxygen atoms in total. The van der Waals surface area contributed by atoms with Gasteiger partial charge in [-0.05, 0) is 35.1 Å². The van der Waals surface area contributed by atoms with Crippen molar-refractivity contribution in [2.24, 2.45) is 7.05 Å². The van der Waals surface area contributed by atoms with Gasteiger partial charge in [0.2, 0.25) is 0 Å². The zero-order valence-electron chi connectivity index (χ0n) is 17.9. The number of benzene rings is 2. The fraction of sp³-hybridized carbons (Fsp3) is 0.250. The van der Waals surface area contributed by atoms with E-state index in [-0.39, 0.29) is 23.9 Å². The lowest BCUT2D eigenvalue weighted by Gasteiger charge is -2.15. The molecule has 33 heavy (non-hydrogen) atoms. The Hall–Kier alpha value is -4.14. The number of carboxylic acid groups (broad SMARTS) is 1. The summed E-state index contributed by atoms with van der Waals surface area (Å²) in [5.41, 5.74) is 3.26. The van der Waals surface area contributed by atoms with E-state index in [2.05, 4.69) is 27.9 Å². The van der Waals surface area contributed by atoms with Crippen molar-refractivity contribution >= 4 is 23.7 Å². The molecule has 9 heteroatoms. The fourth-order valence-corrected chi connectivity index (χ4v) is 4.29. The van der Waals surface area contributed by atoms with Gasteiger partial charge in [-0.15, -0.1) is 0 Å². The SMILES string of the molecule is Cn1cc(NC(=O)OCC2c3ccccc3-c3ccccc32)c(C(=O)NC2(C(=O)O)CC2)n1. The molecular weight excluding hydrogens is 424 g/mol. The van der Waals surface area contributed by atoms with Gasteiger partial charge in [0, 0.05) is 19.2 Å². The molecule has 2 amide bonds. The number of amides is 2. The number of fused-ring (bicyclic) bond motifs is 3. The van der Waals surface area contributed by atoms with E-state index in [1.165, 1.54) is 10.9 Å². The number of nitrogens with one attached hydrogen (secondary N) is 2. The topological polar surface area (TPSA) is 123 Å². The largest absolute Gasteiger partial charge is 0.480 e. The third-order valence-electron chi connectivity index (χ3n) is 6.14. The Labute approximate surface area is 189 Å². The number of anilines is 1.